The molecule has 0 radical (unpaired) electrons. The molecule has 10 heteroatoms. The fraction of sp³-hybridized carbons (Fsp3) is 0. The third-order valence-electron chi connectivity index (χ3n) is 2.18. The van der Waals surface area contributed by atoms with Crippen LogP contribution in [0.1, 0.15) is 10.5 Å². The van der Waals surface area contributed by atoms with Gasteiger partial charge in [-0.2, -0.15) is 0 Å². The van der Waals surface area contributed by atoms with Crippen LogP contribution in [0, 0.1) is 5.82 Å². The van der Waals surface area contributed by atoms with Crippen LogP contribution in [0.5, 0.6) is 0 Å². The Morgan fingerprint density at radius 3 is 2.80 bits per heavy atom. The van der Waals surface area contributed by atoms with E-state index in [1.54, 1.807) is 0 Å². The number of hydrogen-bond acceptors (Lipinski definition) is 5. The molecule has 0 saturated heterocycles. The average molecular weight is 337 g/mol. The Kier molecular flexibility index (Phi) is 3.93. The van der Waals surface area contributed by atoms with Crippen LogP contribution in [0.4, 0.5) is 10.1 Å². The van der Waals surface area contributed by atoms with E-state index in [0.29, 0.717) is 11.3 Å². The molecule has 2 rings (SSSR count). The number of carboxylic acids is 1. The molecule has 0 amide bonds. The lowest BCUT2D eigenvalue weighted by Gasteiger charge is -2.08. The molecule has 0 saturated carbocycles. The Hall–Kier alpha value is -1.71. The first-order chi connectivity index (χ1) is 9.33. The minimum absolute atomic E-state index is 0.257. The minimum atomic E-state index is -4.26. The van der Waals surface area contributed by atoms with E-state index in [4.69, 9.17) is 16.7 Å². The van der Waals surface area contributed by atoms with Gasteiger partial charge in [-0.3, -0.25) is 4.72 Å². The van der Waals surface area contributed by atoms with Crippen LogP contribution in [0.15, 0.2) is 27.9 Å². The molecule has 0 fully saturated rings. The number of nitrogens with one attached hydrogen (secondary N) is 1. The maximum absolute atomic E-state index is 13.6. The highest BCUT2D eigenvalue weighted by Crippen LogP contribution is 2.27. The van der Waals surface area contributed by atoms with Gasteiger partial charge in [0.25, 0.3) is 10.0 Å². The number of halogens is 2. The number of sulfonamides is 1. The first kappa shape index (κ1) is 14.7. The number of anilines is 1. The Labute approximate surface area is 121 Å². The number of rotatable bonds is 4. The summed E-state index contributed by atoms with van der Waals surface area (Å²) in [7, 11) is -4.26. The summed E-state index contributed by atoms with van der Waals surface area (Å²) in [5, 5.41) is 8.58. The molecule has 106 valence electrons. The number of aromatic nitrogens is 1. The van der Waals surface area contributed by atoms with Crippen molar-refractivity contribution in [3.63, 3.8) is 0 Å². The summed E-state index contributed by atoms with van der Waals surface area (Å²) in [6.45, 7) is 0. The Morgan fingerprint density at radius 1 is 1.45 bits per heavy atom. The smallest absolute Gasteiger partial charge is 0.356 e. The first-order valence-electron chi connectivity index (χ1n) is 4.96. The largest absolute Gasteiger partial charge is 0.476 e. The fourth-order valence-corrected chi connectivity index (χ4v) is 3.72. The zero-order chi connectivity index (χ0) is 14.9. The summed E-state index contributed by atoms with van der Waals surface area (Å²) in [6.07, 6.45) is 0. The van der Waals surface area contributed by atoms with Crippen molar-refractivity contribution in [3.8, 4) is 0 Å². The SMILES string of the molecule is O=C(O)c1ncsc1S(=O)(=O)Nc1cccc(Cl)c1F. The molecule has 2 N–H and O–H groups in total. The Morgan fingerprint density at radius 2 is 2.15 bits per heavy atom. The number of hydrogen-bond donors (Lipinski definition) is 2. The van der Waals surface area contributed by atoms with Crippen molar-refractivity contribution < 1.29 is 22.7 Å². The van der Waals surface area contributed by atoms with Gasteiger partial charge in [0.1, 0.15) is 0 Å². The lowest BCUT2D eigenvalue weighted by Crippen LogP contribution is -2.16. The van der Waals surface area contributed by atoms with Crippen LogP contribution >= 0.6 is 22.9 Å². The maximum atomic E-state index is 13.6. The van der Waals surface area contributed by atoms with Gasteiger partial charge < -0.3 is 5.11 Å². The van der Waals surface area contributed by atoms with Crippen molar-refractivity contribution in [2.24, 2.45) is 0 Å². The highest BCUT2D eigenvalue weighted by molar-refractivity contribution is 7.94. The van der Waals surface area contributed by atoms with E-state index in [2.05, 4.69) is 4.98 Å². The van der Waals surface area contributed by atoms with Gasteiger partial charge >= 0.3 is 5.97 Å². The normalized spacial score (nSPS) is 11.3. The monoisotopic (exact) mass is 336 g/mol. The summed E-state index contributed by atoms with van der Waals surface area (Å²) in [6, 6.07) is 3.78. The van der Waals surface area contributed by atoms with Gasteiger partial charge in [0.15, 0.2) is 15.7 Å². The molecule has 1 aromatic heterocycles. The number of thiazole rings is 1. The first-order valence-corrected chi connectivity index (χ1v) is 7.70. The highest BCUT2D eigenvalue weighted by atomic mass is 35.5. The molecule has 0 atom stereocenters. The molecule has 20 heavy (non-hydrogen) atoms. The van der Waals surface area contributed by atoms with E-state index in [9.17, 15) is 17.6 Å². The quantitative estimate of drug-likeness (QED) is 0.893. The zero-order valence-corrected chi connectivity index (χ0v) is 11.9. The number of aromatic carboxylic acids is 1. The van der Waals surface area contributed by atoms with Crippen LogP contribution in [-0.4, -0.2) is 24.5 Å². The number of nitrogens with zero attached hydrogens (tertiary/aromatic N) is 1. The third-order valence-corrected chi connectivity index (χ3v) is 5.20. The molecule has 0 aliphatic rings. The van der Waals surface area contributed by atoms with Crippen LogP contribution in [0.25, 0.3) is 0 Å². The van der Waals surface area contributed by atoms with Crippen molar-refractivity contribution >= 4 is 44.6 Å². The molecule has 0 aliphatic heterocycles. The van der Waals surface area contributed by atoms with E-state index in [1.165, 1.54) is 18.2 Å². The Bertz CT molecular complexity index is 775. The van der Waals surface area contributed by atoms with E-state index in [0.717, 1.165) is 5.51 Å². The second kappa shape index (κ2) is 5.35. The van der Waals surface area contributed by atoms with Crippen molar-refractivity contribution in [2.75, 3.05) is 4.72 Å². The molecule has 0 spiro atoms. The molecule has 0 bridgehead atoms. The van der Waals surface area contributed by atoms with Gasteiger partial charge in [-0.1, -0.05) is 17.7 Å². The van der Waals surface area contributed by atoms with Gasteiger partial charge in [0.2, 0.25) is 0 Å². The molecule has 0 unspecified atom stereocenters. The third kappa shape index (κ3) is 2.74. The van der Waals surface area contributed by atoms with Gasteiger partial charge in [-0.05, 0) is 12.1 Å². The second-order valence-electron chi connectivity index (χ2n) is 3.50. The van der Waals surface area contributed by atoms with Crippen LogP contribution in [-0.2, 0) is 10.0 Å². The molecule has 6 nitrogen and oxygen atoms in total. The predicted octanol–water partition coefficient (Wildman–Crippen LogP) is 2.43. The number of carboxylic acid groups (broad SMARTS) is 1. The second-order valence-corrected chi connectivity index (χ2v) is 6.64. The van der Waals surface area contributed by atoms with Gasteiger partial charge in [0, 0.05) is 0 Å². The van der Waals surface area contributed by atoms with Crippen LogP contribution in [0.2, 0.25) is 5.02 Å². The van der Waals surface area contributed by atoms with E-state index < -0.39 is 31.7 Å². The lowest BCUT2D eigenvalue weighted by molar-refractivity contribution is 0.0687. The van der Waals surface area contributed by atoms with E-state index in [-0.39, 0.29) is 10.7 Å². The number of benzene rings is 1. The molecule has 1 heterocycles. The lowest BCUT2D eigenvalue weighted by atomic mass is 10.3. The number of carbonyl (C=O) groups is 1. The van der Waals surface area contributed by atoms with Crippen molar-refractivity contribution in [3.05, 3.63) is 40.2 Å². The van der Waals surface area contributed by atoms with Crippen molar-refractivity contribution in [2.45, 2.75) is 4.21 Å². The molecule has 0 aliphatic carbocycles. The minimum Gasteiger partial charge on any atom is -0.476 e. The van der Waals surface area contributed by atoms with Crippen molar-refractivity contribution in [1.82, 2.24) is 4.98 Å². The van der Waals surface area contributed by atoms with Gasteiger partial charge in [-0.25, -0.2) is 22.6 Å². The van der Waals surface area contributed by atoms with Gasteiger partial charge in [-0.15, -0.1) is 11.3 Å². The summed E-state index contributed by atoms with van der Waals surface area (Å²) >= 11 is 6.15. The highest BCUT2D eigenvalue weighted by Gasteiger charge is 2.26. The standard InChI is InChI=1S/C10H6ClFN2O4S2/c11-5-2-1-3-6(7(5)12)14-20(17,18)10-8(9(15)16)13-4-19-10/h1-4,14H,(H,15,16). The van der Waals surface area contributed by atoms with E-state index in [1.807, 2.05) is 4.72 Å². The van der Waals surface area contributed by atoms with E-state index >= 15 is 0 Å². The summed E-state index contributed by atoms with van der Waals surface area (Å²) < 4.78 is 39.2. The van der Waals surface area contributed by atoms with Gasteiger partial charge in [0.05, 0.1) is 16.2 Å². The van der Waals surface area contributed by atoms with Crippen LogP contribution in [0.3, 0.4) is 0 Å². The fourth-order valence-electron chi connectivity index (χ4n) is 1.34. The molecule has 1 aromatic carbocycles. The molecule has 2 aromatic rings. The Balaban J connectivity index is 2.44. The summed E-state index contributed by atoms with van der Waals surface area (Å²) in [4.78, 5) is 14.3. The predicted molar refractivity (Wildman–Crippen MR) is 71.3 cm³/mol. The average Bonchev–Trinajstić information content (AvgIpc) is 2.85. The topological polar surface area (TPSA) is 96.4 Å². The summed E-state index contributed by atoms with van der Waals surface area (Å²) in [5.41, 5.74) is 0.0824. The zero-order valence-electron chi connectivity index (χ0n) is 9.50. The maximum Gasteiger partial charge on any atom is 0.356 e. The molecular weight excluding hydrogens is 331 g/mol. The molecular formula is C10H6ClFN2O4S2. The van der Waals surface area contributed by atoms with Crippen molar-refractivity contribution in [1.29, 1.82) is 0 Å². The summed E-state index contributed by atoms with van der Waals surface area (Å²) in [5.74, 6) is -2.43. The van der Waals surface area contributed by atoms with Crippen LogP contribution < -0.4 is 4.72 Å².